The molecule has 0 saturated carbocycles. The summed E-state index contributed by atoms with van der Waals surface area (Å²) >= 11 is 0. The largest absolute Gasteiger partial charge is 0.344 e. The van der Waals surface area contributed by atoms with Crippen molar-refractivity contribution in [3.8, 4) is 0 Å². The summed E-state index contributed by atoms with van der Waals surface area (Å²) in [4.78, 5) is 48.2. The molecule has 1 aromatic carbocycles. The number of carbonyl (C=O) groups is 4. The van der Waals surface area contributed by atoms with E-state index >= 15 is 0 Å². The van der Waals surface area contributed by atoms with Crippen LogP contribution < -0.4 is 16.0 Å². The van der Waals surface area contributed by atoms with Crippen LogP contribution in [0.25, 0.3) is 0 Å². The minimum atomic E-state index is -0.782. The zero-order valence-corrected chi connectivity index (χ0v) is 17.2. The summed E-state index contributed by atoms with van der Waals surface area (Å²) < 4.78 is 1.64. The Morgan fingerprint density at radius 2 is 1.90 bits per heavy atom. The lowest BCUT2D eigenvalue weighted by Gasteiger charge is -2.35. The Labute approximate surface area is 174 Å². The monoisotopic (exact) mass is 411 g/mol. The maximum Gasteiger partial charge on any atom is 0.313 e. The molecule has 1 saturated heterocycles. The fourth-order valence-corrected chi connectivity index (χ4v) is 3.70. The summed E-state index contributed by atoms with van der Waals surface area (Å²) in [5.74, 6) is -2.10. The predicted octanol–water partition coefficient (Wildman–Crippen LogP) is 1.07. The van der Waals surface area contributed by atoms with Gasteiger partial charge in [-0.05, 0) is 37.5 Å². The van der Waals surface area contributed by atoms with E-state index in [1.54, 1.807) is 42.2 Å². The van der Waals surface area contributed by atoms with Crippen LogP contribution in [0.3, 0.4) is 0 Å². The number of anilines is 1. The van der Waals surface area contributed by atoms with E-state index in [-0.39, 0.29) is 24.8 Å². The number of nitrogens with zero attached hydrogens (tertiary/aromatic N) is 2. The lowest BCUT2D eigenvalue weighted by molar-refractivity contribution is -0.138. The molecule has 3 N–H and O–H groups in total. The van der Waals surface area contributed by atoms with Crippen LogP contribution in [-0.4, -0.2) is 33.4 Å². The molecule has 0 aliphatic carbocycles. The van der Waals surface area contributed by atoms with Crippen LogP contribution in [0.2, 0.25) is 0 Å². The second-order valence-electron chi connectivity index (χ2n) is 7.44. The first-order valence-electron chi connectivity index (χ1n) is 9.78. The number of hydrogen-bond acceptors (Lipinski definition) is 5. The van der Waals surface area contributed by atoms with Crippen molar-refractivity contribution in [3.05, 3.63) is 47.3 Å². The molecule has 0 spiro atoms. The van der Waals surface area contributed by atoms with Gasteiger partial charge in [-0.3, -0.25) is 29.2 Å². The Morgan fingerprint density at radius 3 is 2.47 bits per heavy atom. The average molecular weight is 411 g/mol. The molecule has 1 aliphatic heterocycles. The van der Waals surface area contributed by atoms with Crippen molar-refractivity contribution < 1.29 is 19.2 Å². The molecule has 158 valence electrons. The second kappa shape index (κ2) is 8.48. The quantitative estimate of drug-likeness (QED) is 0.502. The molecular weight excluding hydrogens is 386 g/mol. The van der Waals surface area contributed by atoms with Gasteiger partial charge in [0.25, 0.3) is 0 Å². The number of benzene rings is 1. The Morgan fingerprint density at radius 1 is 1.20 bits per heavy atom. The van der Waals surface area contributed by atoms with Gasteiger partial charge < -0.3 is 10.6 Å². The van der Waals surface area contributed by atoms with E-state index in [1.807, 2.05) is 13.8 Å². The van der Waals surface area contributed by atoms with Crippen molar-refractivity contribution in [3.63, 3.8) is 0 Å². The third kappa shape index (κ3) is 4.24. The van der Waals surface area contributed by atoms with Gasteiger partial charge in [-0.15, -0.1) is 0 Å². The number of rotatable bonds is 5. The standard InChI is InChI=1S/C21H25N5O4/c1-4-21(10-9-17(27)24-20(21)30)15-5-7-16(8-6-15)23-19(29)18(28)22-11-14-12-26(3)25-13(14)2/h5-8,12H,4,9-11H2,1-3H3,(H,22,28)(H,23,29)(H,24,27,30)/t21-/m0/s1. The van der Waals surface area contributed by atoms with Crippen LogP contribution in [-0.2, 0) is 38.2 Å². The smallest absolute Gasteiger partial charge is 0.313 e. The van der Waals surface area contributed by atoms with Gasteiger partial charge in [0.05, 0.1) is 11.1 Å². The van der Waals surface area contributed by atoms with Crippen molar-refractivity contribution in [1.29, 1.82) is 0 Å². The number of hydrogen-bond donors (Lipinski definition) is 3. The van der Waals surface area contributed by atoms with Gasteiger partial charge in [-0.2, -0.15) is 5.10 Å². The number of nitrogens with one attached hydrogen (secondary N) is 3. The van der Waals surface area contributed by atoms with E-state index in [1.165, 1.54) is 0 Å². The van der Waals surface area contributed by atoms with Crippen LogP contribution in [0, 0.1) is 6.92 Å². The maximum absolute atomic E-state index is 12.5. The number of carbonyl (C=O) groups excluding carboxylic acids is 4. The highest BCUT2D eigenvalue weighted by molar-refractivity contribution is 6.39. The van der Waals surface area contributed by atoms with Crippen LogP contribution in [0.1, 0.15) is 43.0 Å². The van der Waals surface area contributed by atoms with E-state index in [2.05, 4.69) is 21.0 Å². The summed E-state index contributed by atoms with van der Waals surface area (Å²) in [7, 11) is 1.78. The molecule has 1 atom stereocenters. The summed E-state index contributed by atoms with van der Waals surface area (Å²) in [5, 5.41) is 11.7. The molecule has 0 bridgehead atoms. The van der Waals surface area contributed by atoms with Crippen molar-refractivity contribution in [2.24, 2.45) is 7.05 Å². The Hall–Kier alpha value is -3.49. The van der Waals surface area contributed by atoms with Crippen molar-refractivity contribution >= 4 is 29.3 Å². The Kier molecular flexibility index (Phi) is 6.00. The molecule has 1 aliphatic rings. The average Bonchev–Trinajstić information content (AvgIpc) is 3.04. The summed E-state index contributed by atoms with van der Waals surface area (Å²) in [6.07, 6.45) is 3.06. The SMILES string of the molecule is CC[C@@]1(c2ccc(NC(=O)C(=O)NCc3cn(C)nc3C)cc2)CCC(=O)NC1=O. The van der Waals surface area contributed by atoms with Gasteiger partial charge >= 0.3 is 11.8 Å². The van der Waals surface area contributed by atoms with Crippen molar-refractivity contribution in [2.75, 3.05) is 5.32 Å². The van der Waals surface area contributed by atoms with Gasteiger partial charge in [0, 0.05) is 37.5 Å². The van der Waals surface area contributed by atoms with Crippen LogP contribution in [0.5, 0.6) is 0 Å². The van der Waals surface area contributed by atoms with Crippen molar-refractivity contribution in [2.45, 2.75) is 45.1 Å². The van der Waals surface area contributed by atoms with Gasteiger partial charge in [-0.25, -0.2) is 0 Å². The highest BCUT2D eigenvalue weighted by atomic mass is 16.2. The molecule has 9 heteroatoms. The molecule has 0 radical (unpaired) electrons. The molecule has 0 unspecified atom stereocenters. The molecule has 4 amide bonds. The first-order chi connectivity index (χ1) is 14.2. The van der Waals surface area contributed by atoms with E-state index in [4.69, 9.17) is 0 Å². The zero-order chi connectivity index (χ0) is 21.9. The molecule has 2 heterocycles. The number of imide groups is 1. The first kappa shape index (κ1) is 21.2. The number of aryl methyl sites for hydroxylation is 2. The molecule has 1 aromatic heterocycles. The highest BCUT2D eigenvalue weighted by Crippen LogP contribution is 2.36. The van der Waals surface area contributed by atoms with E-state index in [0.717, 1.165) is 16.8 Å². The van der Waals surface area contributed by atoms with Gasteiger partial charge in [0.1, 0.15) is 0 Å². The van der Waals surface area contributed by atoms with Crippen LogP contribution >= 0.6 is 0 Å². The lowest BCUT2D eigenvalue weighted by Crippen LogP contribution is -2.51. The lowest BCUT2D eigenvalue weighted by atomic mass is 9.72. The Bertz CT molecular complexity index is 995. The Balaban J connectivity index is 1.62. The topological polar surface area (TPSA) is 122 Å². The zero-order valence-electron chi connectivity index (χ0n) is 17.2. The van der Waals surface area contributed by atoms with E-state index in [0.29, 0.717) is 18.5 Å². The molecule has 2 aromatic rings. The second-order valence-corrected chi connectivity index (χ2v) is 7.44. The molecular formula is C21H25N5O4. The molecule has 9 nitrogen and oxygen atoms in total. The van der Waals surface area contributed by atoms with Gasteiger partial charge in [0.2, 0.25) is 11.8 Å². The maximum atomic E-state index is 12.5. The molecule has 30 heavy (non-hydrogen) atoms. The van der Waals surface area contributed by atoms with Crippen molar-refractivity contribution in [1.82, 2.24) is 20.4 Å². The predicted molar refractivity (Wildman–Crippen MR) is 109 cm³/mol. The minimum absolute atomic E-state index is 0.206. The number of piperidine rings is 1. The highest BCUT2D eigenvalue weighted by Gasteiger charge is 2.42. The third-order valence-corrected chi connectivity index (χ3v) is 5.53. The summed E-state index contributed by atoms with van der Waals surface area (Å²) in [6.45, 7) is 3.94. The summed E-state index contributed by atoms with van der Waals surface area (Å²) in [6, 6.07) is 6.77. The fraction of sp³-hybridized carbons (Fsp3) is 0.381. The fourth-order valence-electron chi connectivity index (χ4n) is 3.70. The van der Waals surface area contributed by atoms with Gasteiger partial charge in [-0.1, -0.05) is 19.1 Å². The number of amides is 4. The van der Waals surface area contributed by atoms with E-state index < -0.39 is 17.2 Å². The first-order valence-corrected chi connectivity index (χ1v) is 9.78. The van der Waals surface area contributed by atoms with E-state index in [9.17, 15) is 19.2 Å². The molecule has 3 rings (SSSR count). The normalized spacial score (nSPS) is 18.6. The minimum Gasteiger partial charge on any atom is -0.344 e. The third-order valence-electron chi connectivity index (χ3n) is 5.53. The van der Waals surface area contributed by atoms with Crippen LogP contribution in [0.4, 0.5) is 5.69 Å². The van der Waals surface area contributed by atoms with Crippen LogP contribution in [0.15, 0.2) is 30.5 Å². The van der Waals surface area contributed by atoms with Gasteiger partial charge in [0.15, 0.2) is 0 Å². The summed E-state index contributed by atoms with van der Waals surface area (Å²) in [5.41, 5.74) is 2.05. The molecule has 1 fully saturated rings. The number of aromatic nitrogens is 2.